The summed E-state index contributed by atoms with van der Waals surface area (Å²) in [6.07, 6.45) is -0.350. The summed E-state index contributed by atoms with van der Waals surface area (Å²) in [6.45, 7) is 9.75. The first-order chi connectivity index (χ1) is 7.69. The van der Waals surface area contributed by atoms with Gasteiger partial charge in [0.25, 0.3) is 0 Å². The van der Waals surface area contributed by atoms with Crippen molar-refractivity contribution < 1.29 is 14.3 Å². The smallest absolute Gasteiger partial charge is 0.410 e. The zero-order valence-corrected chi connectivity index (χ0v) is 11.1. The summed E-state index contributed by atoms with van der Waals surface area (Å²) in [5.41, 5.74) is 1.29. The molecule has 0 aromatic carbocycles. The lowest BCUT2D eigenvalue weighted by Gasteiger charge is -2.24. The third-order valence-electron chi connectivity index (χ3n) is 2.27. The molecule has 17 heavy (non-hydrogen) atoms. The van der Waals surface area contributed by atoms with Crippen LogP contribution >= 0.6 is 0 Å². The maximum absolute atomic E-state index is 11.8. The van der Waals surface area contributed by atoms with E-state index in [1.165, 1.54) is 6.92 Å². The summed E-state index contributed by atoms with van der Waals surface area (Å²) in [6, 6.07) is 0. The predicted molar refractivity (Wildman–Crippen MR) is 64.3 cm³/mol. The van der Waals surface area contributed by atoms with Gasteiger partial charge in [-0.3, -0.25) is 9.69 Å². The average molecular weight is 240 g/mol. The largest absolute Gasteiger partial charge is 0.444 e. The number of hydrogen-bond donors (Lipinski definition) is 1. The molecule has 0 atom stereocenters. The zero-order valence-electron chi connectivity index (χ0n) is 11.1. The maximum atomic E-state index is 11.8. The Morgan fingerprint density at radius 1 is 1.29 bits per heavy atom. The summed E-state index contributed by atoms with van der Waals surface area (Å²) in [7, 11) is 0. The fraction of sp³-hybridized carbons (Fsp3) is 0.667. The Balaban J connectivity index is 2.58. The van der Waals surface area contributed by atoms with Crippen molar-refractivity contribution in [1.29, 1.82) is 0 Å². The van der Waals surface area contributed by atoms with E-state index >= 15 is 0 Å². The van der Waals surface area contributed by atoms with Crippen LogP contribution in [-0.2, 0) is 9.53 Å². The van der Waals surface area contributed by atoms with Gasteiger partial charge in [-0.05, 0) is 33.3 Å². The first-order valence-corrected chi connectivity index (χ1v) is 5.63. The first-order valence-electron chi connectivity index (χ1n) is 5.63. The first kappa shape index (κ1) is 13.5. The molecule has 0 saturated carbocycles. The van der Waals surface area contributed by atoms with Gasteiger partial charge >= 0.3 is 6.09 Å². The predicted octanol–water partition coefficient (Wildman–Crippen LogP) is 1.65. The highest BCUT2D eigenvalue weighted by Crippen LogP contribution is 2.18. The number of carbonyl (C=O) groups is 2. The Hall–Kier alpha value is -1.52. The molecule has 1 rings (SSSR count). The fourth-order valence-electron chi connectivity index (χ4n) is 1.58. The van der Waals surface area contributed by atoms with Gasteiger partial charge in [0.1, 0.15) is 5.60 Å². The molecule has 1 aliphatic heterocycles. The molecule has 5 heteroatoms. The molecule has 1 aliphatic rings. The highest BCUT2D eigenvalue weighted by molar-refractivity contribution is 5.76. The second-order valence-electron chi connectivity index (χ2n) is 5.28. The lowest BCUT2D eigenvalue weighted by atomic mass is 10.2. The van der Waals surface area contributed by atoms with Gasteiger partial charge in [0.2, 0.25) is 5.91 Å². The van der Waals surface area contributed by atoms with E-state index in [1.54, 1.807) is 4.90 Å². The summed E-state index contributed by atoms with van der Waals surface area (Å²) in [5.74, 6) is -0.120. The number of hydrogen-bond acceptors (Lipinski definition) is 3. The van der Waals surface area contributed by atoms with Crippen LogP contribution in [0.2, 0.25) is 0 Å². The standard InChI is InChI=1S/C12H20N2O3/c1-8-6-14(7-10(8)13-9(2)15)11(16)17-12(3,4)5/h6-7H2,1-5H3,(H,13,15). The van der Waals surface area contributed by atoms with Crippen LogP contribution in [0.25, 0.3) is 0 Å². The van der Waals surface area contributed by atoms with Crippen molar-refractivity contribution in [2.24, 2.45) is 0 Å². The molecule has 0 bridgehead atoms. The third-order valence-corrected chi connectivity index (χ3v) is 2.27. The van der Waals surface area contributed by atoms with E-state index in [0.717, 1.165) is 11.3 Å². The van der Waals surface area contributed by atoms with Gasteiger partial charge in [0.05, 0.1) is 6.54 Å². The molecule has 0 fully saturated rings. The summed E-state index contributed by atoms with van der Waals surface area (Å²) in [4.78, 5) is 24.3. The van der Waals surface area contributed by atoms with Crippen molar-refractivity contribution in [2.75, 3.05) is 13.1 Å². The Bertz CT molecular complexity index is 366. The Labute approximate surface area is 102 Å². The average Bonchev–Trinajstić information content (AvgIpc) is 2.44. The molecular formula is C12H20N2O3. The maximum Gasteiger partial charge on any atom is 0.410 e. The van der Waals surface area contributed by atoms with Crippen LogP contribution < -0.4 is 5.32 Å². The molecule has 0 saturated heterocycles. The van der Waals surface area contributed by atoms with E-state index in [1.807, 2.05) is 27.7 Å². The summed E-state index contributed by atoms with van der Waals surface area (Å²) >= 11 is 0. The molecule has 0 unspecified atom stereocenters. The van der Waals surface area contributed by atoms with Gasteiger partial charge in [0, 0.05) is 19.2 Å². The highest BCUT2D eigenvalue weighted by Gasteiger charge is 2.28. The minimum absolute atomic E-state index is 0.120. The lowest BCUT2D eigenvalue weighted by Crippen LogP contribution is -2.36. The van der Waals surface area contributed by atoms with Crippen molar-refractivity contribution >= 4 is 12.0 Å². The Morgan fingerprint density at radius 2 is 1.88 bits per heavy atom. The molecule has 0 aliphatic carbocycles. The van der Waals surface area contributed by atoms with E-state index in [4.69, 9.17) is 4.74 Å². The van der Waals surface area contributed by atoms with E-state index in [2.05, 4.69) is 5.32 Å². The molecule has 1 N–H and O–H groups in total. The van der Waals surface area contributed by atoms with Crippen LogP contribution in [0.5, 0.6) is 0 Å². The number of rotatable bonds is 1. The van der Waals surface area contributed by atoms with Gasteiger partial charge in [-0.2, -0.15) is 0 Å². The Kier molecular flexibility index (Phi) is 3.80. The number of nitrogens with zero attached hydrogens (tertiary/aromatic N) is 1. The van der Waals surface area contributed by atoms with Gasteiger partial charge in [-0.15, -0.1) is 0 Å². The molecule has 1 heterocycles. The number of nitrogens with one attached hydrogen (secondary N) is 1. The van der Waals surface area contributed by atoms with E-state index < -0.39 is 5.60 Å². The topological polar surface area (TPSA) is 58.6 Å². The molecule has 0 aromatic rings. The second kappa shape index (κ2) is 4.77. The van der Waals surface area contributed by atoms with Crippen molar-refractivity contribution in [3.8, 4) is 0 Å². The van der Waals surface area contributed by atoms with Crippen LogP contribution in [0.15, 0.2) is 11.3 Å². The lowest BCUT2D eigenvalue weighted by molar-refractivity contribution is -0.118. The second-order valence-corrected chi connectivity index (χ2v) is 5.28. The van der Waals surface area contributed by atoms with E-state index in [0.29, 0.717) is 13.1 Å². The SMILES string of the molecule is CC(=O)NC1=C(C)CN(C(=O)OC(C)(C)C)C1. The molecule has 5 nitrogen and oxygen atoms in total. The normalized spacial score (nSPS) is 16.2. The van der Waals surface area contributed by atoms with Crippen LogP contribution in [0, 0.1) is 0 Å². The minimum atomic E-state index is -0.498. The molecule has 96 valence electrons. The molecule has 0 aromatic heterocycles. The van der Waals surface area contributed by atoms with Crippen molar-refractivity contribution in [3.05, 3.63) is 11.3 Å². The monoisotopic (exact) mass is 240 g/mol. The third kappa shape index (κ3) is 4.09. The van der Waals surface area contributed by atoms with E-state index in [9.17, 15) is 9.59 Å². The van der Waals surface area contributed by atoms with Crippen LogP contribution in [0.1, 0.15) is 34.6 Å². The van der Waals surface area contributed by atoms with Crippen molar-refractivity contribution in [1.82, 2.24) is 10.2 Å². The van der Waals surface area contributed by atoms with Crippen LogP contribution in [0.4, 0.5) is 4.79 Å². The number of amides is 2. The fourth-order valence-corrected chi connectivity index (χ4v) is 1.58. The number of carbonyl (C=O) groups excluding carboxylic acids is 2. The van der Waals surface area contributed by atoms with Gasteiger partial charge < -0.3 is 10.1 Å². The summed E-state index contributed by atoms with van der Waals surface area (Å²) < 4.78 is 5.27. The quantitative estimate of drug-likeness (QED) is 0.758. The molecule has 0 radical (unpaired) electrons. The van der Waals surface area contributed by atoms with Crippen molar-refractivity contribution in [2.45, 2.75) is 40.2 Å². The Morgan fingerprint density at radius 3 is 2.35 bits per heavy atom. The van der Waals surface area contributed by atoms with Crippen LogP contribution in [0.3, 0.4) is 0 Å². The van der Waals surface area contributed by atoms with Crippen molar-refractivity contribution in [3.63, 3.8) is 0 Å². The zero-order chi connectivity index (χ0) is 13.2. The van der Waals surface area contributed by atoms with Crippen LogP contribution in [-0.4, -0.2) is 35.6 Å². The highest BCUT2D eigenvalue weighted by atomic mass is 16.6. The minimum Gasteiger partial charge on any atom is -0.444 e. The summed E-state index contributed by atoms with van der Waals surface area (Å²) in [5, 5.41) is 2.73. The van der Waals surface area contributed by atoms with Gasteiger partial charge in [-0.25, -0.2) is 4.79 Å². The van der Waals surface area contributed by atoms with E-state index in [-0.39, 0.29) is 12.0 Å². The molecule has 0 spiro atoms. The number of ether oxygens (including phenoxy) is 1. The molecule has 2 amide bonds. The van der Waals surface area contributed by atoms with Gasteiger partial charge in [-0.1, -0.05) is 0 Å². The van der Waals surface area contributed by atoms with Gasteiger partial charge in [0.15, 0.2) is 0 Å². The molecular weight excluding hydrogens is 220 g/mol.